The summed E-state index contributed by atoms with van der Waals surface area (Å²) in [5.74, 6) is 0.219. The molecule has 0 saturated carbocycles. The Hall–Kier alpha value is -0.610. The quantitative estimate of drug-likeness (QED) is 0.823. The maximum absolute atomic E-state index is 12.7. The zero-order valence-electron chi connectivity index (χ0n) is 12.8. The number of nitrogens with zero attached hydrogens (tertiary/aromatic N) is 2. The van der Waals surface area contributed by atoms with Gasteiger partial charge in [-0.3, -0.25) is 9.69 Å². The summed E-state index contributed by atoms with van der Waals surface area (Å²) in [7, 11) is 1.93. The van der Waals surface area contributed by atoms with E-state index in [1.165, 1.54) is 0 Å². The Kier molecular flexibility index (Phi) is 4.78. The van der Waals surface area contributed by atoms with Crippen molar-refractivity contribution in [1.29, 1.82) is 0 Å². The standard InChI is InChI=1S/C14H29N3O/c1-7-13(2,3)16(6)12(18)14(4,5)17-10-8-15-9-11-17/h15H,7-11H2,1-6H3. The fourth-order valence-corrected chi connectivity index (χ4v) is 2.28. The van der Waals surface area contributed by atoms with Crippen LogP contribution in [-0.4, -0.2) is 60.0 Å². The van der Waals surface area contributed by atoms with Crippen molar-refractivity contribution < 1.29 is 4.79 Å². The summed E-state index contributed by atoms with van der Waals surface area (Å²) in [4.78, 5) is 16.9. The summed E-state index contributed by atoms with van der Waals surface area (Å²) < 4.78 is 0. The van der Waals surface area contributed by atoms with E-state index < -0.39 is 5.54 Å². The number of carbonyl (C=O) groups is 1. The number of hydrogen-bond acceptors (Lipinski definition) is 3. The lowest BCUT2D eigenvalue weighted by Gasteiger charge is -2.45. The maximum atomic E-state index is 12.7. The largest absolute Gasteiger partial charge is 0.339 e. The monoisotopic (exact) mass is 255 g/mol. The fraction of sp³-hybridized carbons (Fsp3) is 0.929. The Labute approximate surface area is 112 Å². The molecule has 1 amide bonds. The van der Waals surface area contributed by atoms with Crippen LogP contribution in [0.15, 0.2) is 0 Å². The molecule has 0 aromatic rings. The van der Waals surface area contributed by atoms with Gasteiger partial charge in [-0.1, -0.05) is 6.92 Å². The van der Waals surface area contributed by atoms with Gasteiger partial charge in [0.15, 0.2) is 0 Å². The average molecular weight is 255 g/mol. The van der Waals surface area contributed by atoms with Crippen molar-refractivity contribution in [2.45, 2.75) is 52.1 Å². The summed E-state index contributed by atoms with van der Waals surface area (Å²) in [5.41, 5.74) is -0.494. The Bertz CT molecular complexity index is 293. The predicted octanol–water partition coefficient (Wildman–Crippen LogP) is 1.32. The molecule has 1 aliphatic rings. The second-order valence-electron chi connectivity index (χ2n) is 6.33. The molecule has 1 saturated heterocycles. The molecule has 106 valence electrons. The molecule has 4 heteroatoms. The highest BCUT2D eigenvalue weighted by Gasteiger charge is 2.40. The highest BCUT2D eigenvalue weighted by Crippen LogP contribution is 2.24. The molecule has 4 nitrogen and oxygen atoms in total. The highest BCUT2D eigenvalue weighted by atomic mass is 16.2. The van der Waals surface area contributed by atoms with E-state index in [4.69, 9.17) is 0 Å². The van der Waals surface area contributed by atoms with Crippen LogP contribution in [0.3, 0.4) is 0 Å². The van der Waals surface area contributed by atoms with Crippen LogP contribution in [-0.2, 0) is 4.79 Å². The molecular formula is C14H29N3O. The third-order valence-corrected chi connectivity index (χ3v) is 4.51. The van der Waals surface area contributed by atoms with Gasteiger partial charge in [-0.25, -0.2) is 0 Å². The zero-order chi connectivity index (χ0) is 14.0. The second kappa shape index (κ2) is 5.57. The number of nitrogens with one attached hydrogen (secondary N) is 1. The van der Waals surface area contributed by atoms with Gasteiger partial charge in [0.05, 0.1) is 5.54 Å². The molecule has 1 heterocycles. The van der Waals surface area contributed by atoms with E-state index in [-0.39, 0.29) is 11.4 Å². The van der Waals surface area contributed by atoms with E-state index in [0.717, 1.165) is 32.6 Å². The van der Waals surface area contributed by atoms with Gasteiger partial charge in [0.1, 0.15) is 0 Å². The van der Waals surface area contributed by atoms with Crippen molar-refractivity contribution in [3.8, 4) is 0 Å². The van der Waals surface area contributed by atoms with E-state index in [2.05, 4.69) is 31.0 Å². The minimum absolute atomic E-state index is 0.0810. The number of carbonyl (C=O) groups excluding carboxylic acids is 1. The van der Waals surface area contributed by atoms with E-state index in [0.29, 0.717) is 0 Å². The summed E-state index contributed by atoms with van der Waals surface area (Å²) in [6, 6.07) is 0. The van der Waals surface area contributed by atoms with Crippen molar-refractivity contribution in [3.63, 3.8) is 0 Å². The first-order valence-corrected chi connectivity index (χ1v) is 6.97. The van der Waals surface area contributed by atoms with Crippen molar-refractivity contribution >= 4 is 5.91 Å². The van der Waals surface area contributed by atoms with Gasteiger partial charge in [0.25, 0.3) is 0 Å². The van der Waals surface area contributed by atoms with E-state index in [1.807, 2.05) is 25.8 Å². The topological polar surface area (TPSA) is 35.6 Å². The molecule has 0 aliphatic carbocycles. The normalized spacial score (nSPS) is 18.8. The molecule has 1 fully saturated rings. The smallest absolute Gasteiger partial charge is 0.242 e. The van der Waals surface area contributed by atoms with Crippen molar-refractivity contribution in [2.24, 2.45) is 0 Å². The summed E-state index contributed by atoms with van der Waals surface area (Å²) in [5, 5.41) is 3.33. The van der Waals surface area contributed by atoms with Crippen LogP contribution in [0.2, 0.25) is 0 Å². The minimum atomic E-state index is -0.413. The first-order chi connectivity index (χ1) is 8.23. The molecule has 0 unspecified atom stereocenters. The molecule has 1 aliphatic heterocycles. The Morgan fingerprint density at radius 3 is 2.17 bits per heavy atom. The van der Waals surface area contributed by atoms with Gasteiger partial charge in [-0.05, 0) is 34.1 Å². The van der Waals surface area contributed by atoms with Crippen molar-refractivity contribution in [1.82, 2.24) is 15.1 Å². The first kappa shape index (κ1) is 15.4. The summed E-state index contributed by atoms with van der Waals surface area (Å²) in [6.07, 6.45) is 0.965. The van der Waals surface area contributed by atoms with Gasteiger partial charge in [-0.2, -0.15) is 0 Å². The molecule has 18 heavy (non-hydrogen) atoms. The zero-order valence-corrected chi connectivity index (χ0v) is 12.8. The molecule has 0 spiro atoms. The van der Waals surface area contributed by atoms with Crippen LogP contribution in [0, 0.1) is 0 Å². The van der Waals surface area contributed by atoms with Crippen molar-refractivity contribution in [2.75, 3.05) is 33.2 Å². The van der Waals surface area contributed by atoms with Gasteiger partial charge < -0.3 is 10.2 Å². The van der Waals surface area contributed by atoms with E-state index in [9.17, 15) is 4.79 Å². The lowest BCUT2D eigenvalue weighted by molar-refractivity contribution is -0.147. The number of likely N-dealkylation sites (N-methyl/N-ethyl adjacent to an activating group) is 1. The van der Waals surface area contributed by atoms with Crippen LogP contribution in [0.5, 0.6) is 0 Å². The summed E-state index contributed by atoms with van der Waals surface area (Å²) in [6.45, 7) is 14.3. The Morgan fingerprint density at radius 1 is 1.22 bits per heavy atom. The lowest BCUT2D eigenvalue weighted by atomic mass is 9.94. The number of hydrogen-bond donors (Lipinski definition) is 1. The van der Waals surface area contributed by atoms with E-state index >= 15 is 0 Å². The van der Waals surface area contributed by atoms with Gasteiger partial charge in [0.2, 0.25) is 5.91 Å². The molecule has 1 N–H and O–H groups in total. The summed E-state index contributed by atoms with van der Waals surface area (Å²) >= 11 is 0. The fourth-order valence-electron chi connectivity index (χ4n) is 2.28. The third-order valence-electron chi connectivity index (χ3n) is 4.51. The molecule has 0 radical (unpaired) electrons. The highest BCUT2D eigenvalue weighted by molar-refractivity contribution is 5.86. The van der Waals surface area contributed by atoms with Gasteiger partial charge in [-0.15, -0.1) is 0 Å². The van der Waals surface area contributed by atoms with Gasteiger partial charge in [0, 0.05) is 38.8 Å². The lowest BCUT2D eigenvalue weighted by Crippen LogP contribution is -2.62. The van der Waals surface area contributed by atoms with Gasteiger partial charge >= 0.3 is 0 Å². The van der Waals surface area contributed by atoms with Crippen LogP contribution < -0.4 is 5.32 Å². The third kappa shape index (κ3) is 3.04. The first-order valence-electron chi connectivity index (χ1n) is 6.97. The van der Waals surface area contributed by atoms with E-state index in [1.54, 1.807) is 0 Å². The number of amides is 1. The van der Waals surface area contributed by atoms with Crippen molar-refractivity contribution in [3.05, 3.63) is 0 Å². The number of rotatable bonds is 4. The average Bonchev–Trinajstić information content (AvgIpc) is 2.37. The maximum Gasteiger partial charge on any atom is 0.242 e. The SMILES string of the molecule is CCC(C)(C)N(C)C(=O)C(C)(C)N1CCNCC1. The van der Waals surface area contributed by atoms with Crippen LogP contribution in [0.1, 0.15) is 41.0 Å². The second-order valence-corrected chi connectivity index (χ2v) is 6.33. The molecule has 0 bridgehead atoms. The molecule has 0 atom stereocenters. The Balaban J connectivity index is 2.80. The predicted molar refractivity (Wildman–Crippen MR) is 75.7 cm³/mol. The van der Waals surface area contributed by atoms with Crippen LogP contribution in [0.4, 0.5) is 0 Å². The van der Waals surface area contributed by atoms with Crippen LogP contribution in [0.25, 0.3) is 0 Å². The Morgan fingerprint density at radius 2 is 1.72 bits per heavy atom. The molecule has 0 aromatic carbocycles. The minimum Gasteiger partial charge on any atom is -0.339 e. The number of piperazine rings is 1. The molecule has 0 aromatic heterocycles. The van der Waals surface area contributed by atoms with Crippen LogP contribution >= 0.6 is 0 Å². The molecular weight excluding hydrogens is 226 g/mol. The molecule has 1 rings (SSSR count).